The molecule has 0 saturated heterocycles. The average Bonchev–Trinajstić information content (AvgIpc) is 3.01. The van der Waals surface area contributed by atoms with E-state index in [1.54, 1.807) is 31.3 Å². The van der Waals surface area contributed by atoms with Crippen molar-refractivity contribution in [3.05, 3.63) is 83.4 Å². The first kappa shape index (κ1) is 26.6. The topological polar surface area (TPSA) is 68.3 Å². The van der Waals surface area contributed by atoms with Crippen LogP contribution in [-0.2, 0) is 9.53 Å². The number of anilines is 1. The highest BCUT2D eigenvalue weighted by atomic mass is 32.2. The molecule has 0 bridgehead atoms. The Bertz CT molecular complexity index is 1240. The second-order valence-electron chi connectivity index (χ2n) is 9.13. The minimum Gasteiger partial charge on any atom is -0.497 e. The normalized spacial score (nSPS) is 17.2. The number of nitrogens with zero attached hydrogens (tertiary/aromatic N) is 2. The van der Waals surface area contributed by atoms with E-state index in [1.165, 1.54) is 11.8 Å². The highest BCUT2D eigenvalue weighted by Gasteiger charge is 2.41. The summed E-state index contributed by atoms with van der Waals surface area (Å²) in [6, 6.07) is 20.3. The number of aryl methyl sites for hydroxylation is 1. The predicted molar refractivity (Wildman–Crippen MR) is 146 cm³/mol. The van der Waals surface area contributed by atoms with Crippen molar-refractivity contribution < 1.29 is 23.8 Å². The van der Waals surface area contributed by atoms with Crippen molar-refractivity contribution in [2.45, 2.75) is 23.2 Å². The van der Waals surface area contributed by atoms with Gasteiger partial charge in [-0.05, 0) is 69.0 Å². The summed E-state index contributed by atoms with van der Waals surface area (Å²) in [6.07, 6.45) is -1.05. The number of amides is 1. The third-order valence-electron chi connectivity index (χ3n) is 6.23. The minimum atomic E-state index is -1.05. The number of methoxy groups -OCH3 is 2. The summed E-state index contributed by atoms with van der Waals surface area (Å²) in [6.45, 7) is 3.04. The zero-order valence-corrected chi connectivity index (χ0v) is 22.6. The van der Waals surface area contributed by atoms with E-state index in [0.29, 0.717) is 30.2 Å². The number of ether oxygens (including phenoxy) is 3. The Morgan fingerprint density at radius 3 is 2.22 bits per heavy atom. The van der Waals surface area contributed by atoms with E-state index in [4.69, 9.17) is 14.2 Å². The van der Waals surface area contributed by atoms with Gasteiger partial charge in [-0.15, -0.1) is 11.8 Å². The SMILES string of the molecule is COc1ccc([C@H]2Sc3cc(OC)ccc3N(CCN(C)C)C(=O)[C@H]2OC(=O)c2ccc(C)cc2)cc1. The maximum absolute atomic E-state index is 14.2. The van der Waals surface area contributed by atoms with Gasteiger partial charge < -0.3 is 24.0 Å². The zero-order valence-electron chi connectivity index (χ0n) is 21.8. The van der Waals surface area contributed by atoms with Gasteiger partial charge in [0.1, 0.15) is 11.5 Å². The molecule has 0 N–H and O–H groups in total. The molecule has 0 aliphatic carbocycles. The van der Waals surface area contributed by atoms with Crippen molar-refractivity contribution in [3.63, 3.8) is 0 Å². The Kier molecular flexibility index (Phi) is 8.41. The molecule has 3 aromatic rings. The standard InChI is InChI=1S/C29H32N2O5S/c1-19-6-8-21(9-7-19)29(33)36-26-27(20-10-12-22(34-4)13-11-20)37-25-18-23(35-5)14-15-24(25)31(28(26)32)17-16-30(2)3/h6-15,18,26-27H,16-17H2,1-5H3/t26-,27+/m0/s1. The highest BCUT2D eigenvalue weighted by molar-refractivity contribution is 7.99. The molecule has 0 radical (unpaired) electrons. The van der Waals surface area contributed by atoms with E-state index in [9.17, 15) is 9.59 Å². The maximum Gasteiger partial charge on any atom is 0.338 e. The van der Waals surface area contributed by atoms with E-state index in [-0.39, 0.29) is 5.91 Å². The van der Waals surface area contributed by atoms with Gasteiger partial charge in [-0.1, -0.05) is 29.8 Å². The lowest BCUT2D eigenvalue weighted by atomic mass is 10.0. The summed E-state index contributed by atoms with van der Waals surface area (Å²) in [7, 11) is 7.14. The summed E-state index contributed by atoms with van der Waals surface area (Å²) < 4.78 is 16.8. The van der Waals surface area contributed by atoms with E-state index >= 15 is 0 Å². The van der Waals surface area contributed by atoms with Crippen LogP contribution in [0, 0.1) is 6.92 Å². The Hall–Kier alpha value is -3.49. The van der Waals surface area contributed by atoms with E-state index in [1.807, 2.05) is 80.5 Å². The molecular formula is C29H32N2O5S. The molecular weight excluding hydrogens is 488 g/mol. The number of carbonyl (C=O) groups excluding carboxylic acids is 2. The molecule has 1 amide bonds. The third kappa shape index (κ3) is 6.09. The van der Waals surface area contributed by atoms with Crippen LogP contribution in [0.1, 0.15) is 26.7 Å². The van der Waals surface area contributed by atoms with Gasteiger partial charge in [-0.3, -0.25) is 4.79 Å². The van der Waals surface area contributed by atoms with Gasteiger partial charge in [0.25, 0.3) is 5.91 Å². The number of benzene rings is 3. The molecule has 1 heterocycles. The molecule has 0 fully saturated rings. The summed E-state index contributed by atoms with van der Waals surface area (Å²) >= 11 is 1.49. The maximum atomic E-state index is 14.2. The minimum absolute atomic E-state index is 0.264. The predicted octanol–water partition coefficient (Wildman–Crippen LogP) is 4.98. The summed E-state index contributed by atoms with van der Waals surface area (Å²) in [5, 5.41) is -0.483. The molecule has 8 heteroatoms. The van der Waals surface area contributed by atoms with Crippen LogP contribution in [0.5, 0.6) is 11.5 Å². The Morgan fingerprint density at radius 1 is 0.946 bits per heavy atom. The van der Waals surface area contributed by atoms with Gasteiger partial charge in [-0.2, -0.15) is 0 Å². The molecule has 0 unspecified atom stereocenters. The lowest BCUT2D eigenvalue weighted by Crippen LogP contribution is -2.45. The van der Waals surface area contributed by atoms with Gasteiger partial charge in [0.05, 0.1) is 30.7 Å². The molecule has 194 valence electrons. The Morgan fingerprint density at radius 2 is 1.59 bits per heavy atom. The third-order valence-corrected chi connectivity index (χ3v) is 7.59. The lowest BCUT2D eigenvalue weighted by Gasteiger charge is -2.28. The van der Waals surface area contributed by atoms with Crippen LogP contribution in [0.25, 0.3) is 0 Å². The van der Waals surface area contributed by atoms with Crippen LogP contribution in [0.4, 0.5) is 5.69 Å². The van der Waals surface area contributed by atoms with Crippen molar-refractivity contribution >= 4 is 29.3 Å². The second kappa shape index (κ2) is 11.7. The summed E-state index contributed by atoms with van der Waals surface area (Å²) in [4.78, 5) is 32.0. The smallest absolute Gasteiger partial charge is 0.338 e. The molecule has 4 rings (SSSR count). The molecule has 3 aromatic carbocycles. The first-order chi connectivity index (χ1) is 17.8. The first-order valence-corrected chi connectivity index (χ1v) is 12.9. The molecule has 0 saturated carbocycles. The number of carbonyl (C=O) groups is 2. The van der Waals surface area contributed by atoms with Crippen molar-refractivity contribution in [2.24, 2.45) is 0 Å². The molecule has 1 aliphatic rings. The average molecular weight is 521 g/mol. The van der Waals surface area contributed by atoms with Crippen LogP contribution in [0.2, 0.25) is 0 Å². The number of hydrogen-bond acceptors (Lipinski definition) is 7. The fraction of sp³-hybridized carbons (Fsp3) is 0.310. The number of esters is 1. The second-order valence-corrected chi connectivity index (χ2v) is 10.3. The fourth-order valence-corrected chi connectivity index (χ4v) is 5.44. The number of fused-ring (bicyclic) bond motifs is 1. The molecule has 0 spiro atoms. The van der Waals surface area contributed by atoms with Gasteiger partial charge in [0.15, 0.2) is 6.10 Å². The van der Waals surface area contributed by atoms with Gasteiger partial charge in [0.2, 0.25) is 0 Å². The van der Waals surface area contributed by atoms with Gasteiger partial charge in [-0.25, -0.2) is 4.79 Å². The number of hydrogen-bond donors (Lipinski definition) is 0. The van der Waals surface area contributed by atoms with Crippen LogP contribution < -0.4 is 14.4 Å². The zero-order chi connectivity index (χ0) is 26.5. The van der Waals surface area contributed by atoms with Crippen molar-refractivity contribution in [1.82, 2.24) is 4.90 Å². The summed E-state index contributed by atoms with van der Waals surface area (Å²) in [5.41, 5.74) is 3.06. The Labute approximate surface area is 222 Å². The molecule has 0 aromatic heterocycles. The largest absolute Gasteiger partial charge is 0.497 e. The quantitative estimate of drug-likeness (QED) is 0.388. The number of likely N-dealkylation sites (N-methyl/N-ethyl adjacent to an activating group) is 1. The molecule has 2 atom stereocenters. The molecule has 1 aliphatic heterocycles. The van der Waals surface area contributed by atoms with E-state index in [2.05, 4.69) is 0 Å². The van der Waals surface area contributed by atoms with Crippen LogP contribution >= 0.6 is 11.8 Å². The van der Waals surface area contributed by atoms with Gasteiger partial charge in [0, 0.05) is 18.0 Å². The van der Waals surface area contributed by atoms with Crippen molar-refractivity contribution in [1.29, 1.82) is 0 Å². The van der Waals surface area contributed by atoms with E-state index < -0.39 is 17.3 Å². The van der Waals surface area contributed by atoms with Crippen molar-refractivity contribution in [3.8, 4) is 11.5 Å². The summed E-state index contributed by atoms with van der Waals surface area (Å²) in [5.74, 6) is 0.597. The first-order valence-electron chi connectivity index (χ1n) is 12.0. The number of rotatable bonds is 8. The lowest BCUT2D eigenvalue weighted by molar-refractivity contribution is -0.127. The molecule has 7 nitrogen and oxygen atoms in total. The van der Waals surface area contributed by atoms with Crippen molar-refractivity contribution in [2.75, 3.05) is 46.3 Å². The Balaban J connectivity index is 1.79. The van der Waals surface area contributed by atoms with Crippen LogP contribution in [0.15, 0.2) is 71.6 Å². The molecule has 37 heavy (non-hydrogen) atoms. The number of thioether (sulfide) groups is 1. The highest BCUT2D eigenvalue weighted by Crippen LogP contribution is 2.48. The van der Waals surface area contributed by atoms with E-state index in [0.717, 1.165) is 21.7 Å². The fourth-order valence-electron chi connectivity index (χ4n) is 4.09. The van der Waals surface area contributed by atoms with Crippen LogP contribution in [-0.4, -0.2) is 64.3 Å². The monoisotopic (exact) mass is 520 g/mol. The van der Waals surface area contributed by atoms with Crippen LogP contribution in [0.3, 0.4) is 0 Å². The van der Waals surface area contributed by atoms with Gasteiger partial charge >= 0.3 is 5.97 Å².